The van der Waals surface area contributed by atoms with Crippen molar-refractivity contribution in [1.82, 2.24) is 5.06 Å². The summed E-state index contributed by atoms with van der Waals surface area (Å²) in [5, 5.41) is 10.7. The molecule has 1 heterocycles. The minimum atomic E-state index is -1.65. The SMILES string of the molecule is COC(=O)[C@]1(O)CC/C=C\[C@H](OC(=O)ON2C(=O)CCC2=O)CC1. The third-order valence-electron chi connectivity index (χ3n) is 3.90. The summed E-state index contributed by atoms with van der Waals surface area (Å²) >= 11 is 0. The highest BCUT2D eigenvalue weighted by molar-refractivity contribution is 6.01. The van der Waals surface area contributed by atoms with Crippen LogP contribution in [0.25, 0.3) is 0 Å². The zero-order valence-corrected chi connectivity index (χ0v) is 13.2. The number of hydrogen-bond donors (Lipinski definition) is 1. The van der Waals surface area contributed by atoms with Gasteiger partial charge in [0.15, 0.2) is 5.60 Å². The van der Waals surface area contributed by atoms with E-state index in [1.165, 1.54) is 7.11 Å². The van der Waals surface area contributed by atoms with Gasteiger partial charge in [-0.2, -0.15) is 0 Å². The number of methoxy groups -OCH3 is 1. The molecule has 24 heavy (non-hydrogen) atoms. The first kappa shape index (κ1) is 17.9. The number of hydrogen-bond acceptors (Lipinski definition) is 8. The first-order valence-electron chi connectivity index (χ1n) is 7.57. The Morgan fingerprint density at radius 2 is 1.92 bits per heavy atom. The van der Waals surface area contributed by atoms with Gasteiger partial charge in [-0.25, -0.2) is 9.59 Å². The summed E-state index contributed by atoms with van der Waals surface area (Å²) in [6, 6.07) is 0. The molecular weight excluding hydrogens is 322 g/mol. The molecule has 1 aliphatic carbocycles. The molecule has 2 aliphatic rings. The minimum absolute atomic E-state index is 0.0123. The molecule has 9 nitrogen and oxygen atoms in total. The van der Waals surface area contributed by atoms with Crippen LogP contribution in [0, 0.1) is 0 Å². The van der Waals surface area contributed by atoms with E-state index in [4.69, 9.17) is 4.74 Å². The third-order valence-corrected chi connectivity index (χ3v) is 3.90. The topological polar surface area (TPSA) is 119 Å². The van der Waals surface area contributed by atoms with Crippen molar-refractivity contribution in [2.45, 2.75) is 50.2 Å². The van der Waals surface area contributed by atoms with Crippen LogP contribution in [0.5, 0.6) is 0 Å². The molecule has 0 aromatic carbocycles. The number of imide groups is 1. The van der Waals surface area contributed by atoms with Crippen LogP contribution >= 0.6 is 0 Å². The molecule has 0 radical (unpaired) electrons. The Labute approximate surface area is 138 Å². The van der Waals surface area contributed by atoms with Gasteiger partial charge >= 0.3 is 12.1 Å². The fraction of sp³-hybridized carbons (Fsp3) is 0.600. The Balaban J connectivity index is 1.93. The monoisotopic (exact) mass is 341 g/mol. The van der Waals surface area contributed by atoms with Crippen molar-refractivity contribution in [3.8, 4) is 0 Å². The number of aliphatic hydroxyl groups is 1. The standard InChI is InChI=1S/C15H19NO8/c1-22-13(19)15(21)8-3-2-4-10(7-9-15)23-14(20)24-16-11(17)5-6-12(16)18/h2,4,10,21H,3,5-9H2,1H3/b4-2-/t10-,15-/m0/s1. The number of esters is 1. The Hall–Kier alpha value is -2.42. The quantitative estimate of drug-likeness (QED) is 0.450. The van der Waals surface area contributed by atoms with Crippen molar-refractivity contribution in [3.05, 3.63) is 12.2 Å². The Kier molecular flexibility index (Phi) is 5.55. The van der Waals surface area contributed by atoms with Crippen molar-refractivity contribution in [2.75, 3.05) is 7.11 Å². The van der Waals surface area contributed by atoms with Gasteiger partial charge in [0.25, 0.3) is 11.8 Å². The van der Waals surface area contributed by atoms with Crippen LogP contribution in [0.4, 0.5) is 4.79 Å². The van der Waals surface area contributed by atoms with Crippen molar-refractivity contribution in [1.29, 1.82) is 0 Å². The minimum Gasteiger partial charge on any atom is -0.467 e. The molecular formula is C15H19NO8. The maximum atomic E-state index is 11.7. The number of hydroxylamine groups is 2. The van der Waals surface area contributed by atoms with Gasteiger partial charge in [-0.05, 0) is 31.8 Å². The predicted octanol–water partition coefficient (Wildman–Crippen LogP) is 0.606. The largest absolute Gasteiger partial charge is 0.534 e. The number of carbonyl (C=O) groups excluding carboxylic acids is 4. The number of rotatable bonds is 3. The van der Waals surface area contributed by atoms with E-state index in [0.717, 1.165) is 0 Å². The van der Waals surface area contributed by atoms with E-state index in [0.29, 0.717) is 11.5 Å². The number of ether oxygens (including phenoxy) is 2. The third kappa shape index (κ3) is 4.10. The van der Waals surface area contributed by atoms with Gasteiger partial charge in [0.05, 0.1) is 7.11 Å². The summed E-state index contributed by atoms with van der Waals surface area (Å²) in [7, 11) is 1.18. The van der Waals surface area contributed by atoms with Crippen molar-refractivity contribution < 1.29 is 38.6 Å². The lowest BCUT2D eigenvalue weighted by Crippen LogP contribution is -2.41. The maximum absolute atomic E-state index is 11.7. The molecule has 132 valence electrons. The smallest absolute Gasteiger partial charge is 0.467 e. The molecule has 0 aromatic rings. The number of amides is 2. The maximum Gasteiger partial charge on any atom is 0.534 e. The summed E-state index contributed by atoms with van der Waals surface area (Å²) < 4.78 is 9.63. The average molecular weight is 341 g/mol. The molecule has 1 N–H and O–H groups in total. The lowest BCUT2D eigenvalue weighted by atomic mass is 9.88. The van der Waals surface area contributed by atoms with E-state index in [1.807, 2.05) is 0 Å². The fourth-order valence-corrected chi connectivity index (χ4v) is 2.54. The van der Waals surface area contributed by atoms with Crippen molar-refractivity contribution >= 4 is 23.9 Å². The van der Waals surface area contributed by atoms with Crippen molar-refractivity contribution in [3.63, 3.8) is 0 Å². The van der Waals surface area contributed by atoms with Crippen LogP contribution < -0.4 is 0 Å². The lowest BCUT2D eigenvalue weighted by molar-refractivity contribution is -0.178. The Morgan fingerprint density at radius 1 is 1.25 bits per heavy atom. The number of allylic oxidation sites excluding steroid dienone is 1. The van der Waals surface area contributed by atoms with Crippen LogP contribution in [0.3, 0.4) is 0 Å². The van der Waals surface area contributed by atoms with E-state index < -0.39 is 35.6 Å². The Morgan fingerprint density at radius 3 is 2.54 bits per heavy atom. The lowest BCUT2D eigenvalue weighted by Gasteiger charge is -2.27. The molecule has 2 atom stereocenters. The summed E-state index contributed by atoms with van der Waals surface area (Å²) in [6.45, 7) is 0. The fourth-order valence-electron chi connectivity index (χ4n) is 2.54. The molecule has 0 aromatic heterocycles. The zero-order chi connectivity index (χ0) is 17.7. The van der Waals surface area contributed by atoms with Gasteiger partial charge in [0.1, 0.15) is 6.10 Å². The highest BCUT2D eigenvalue weighted by atomic mass is 16.8. The van der Waals surface area contributed by atoms with Gasteiger partial charge in [-0.3, -0.25) is 14.4 Å². The molecule has 0 unspecified atom stereocenters. The van der Waals surface area contributed by atoms with E-state index in [-0.39, 0.29) is 32.1 Å². The van der Waals surface area contributed by atoms with Crippen LogP contribution in [0.15, 0.2) is 12.2 Å². The molecule has 0 saturated carbocycles. The van der Waals surface area contributed by atoms with E-state index in [1.54, 1.807) is 12.2 Å². The summed E-state index contributed by atoms with van der Waals surface area (Å²) in [6.07, 6.45) is 2.06. The molecule has 9 heteroatoms. The van der Waals surface area contributed by atoms with E-state index >= 15 is 0 Å². The predicted molar refractivity (Wildman–Crippen MR) is 77.0 cm³/mol. The normalized spacial score (nSPS) is 28.8. The Bertz CT molecular complexity index is 556. The molecule has 0 spiro atoms. The van der Waals surface area contributed by atoms with E-state index in [9.17, 15) is 24.3 Å². The second-order valence-electron chi connectivity index (χ2n) is 5.61. The van der Waals surface area contributed by atoms with Crippen LogP contribution in [0.2, 0.25) is 0 Å². The molecule has 2 amide bonds. The highest BCUT2D eigenvalue weighted by Crippen LogP contribution is 2.26. The zero-order valence-electron chi connectivity index (χ0n) is 13.2. The van der Waals surface area contributed by atoms with Crippen molar-refractivity contribution in [2.24, 2.45) is 0 Å². The summed E-state index contributed by atoms with van der Waals surface area (Å²) in [4.78, 5) is 50.8. The van der Waals surface area contributed by atoms with Crippen LogP contribution in [0.1, 0.15) is 38.5 Å². The van der Waals surface area contributed by atoms with Crippen LogP contribution in [-0.2, 0) is 28.7 Å². The van der Waals surface area contributed by atoms with Crippen LogP contribution in [-0.4, -0.2) is 52.9 Å². The molecule has 1 aliphatic heterocycles. The van der Waals surface area contributed by atoms with Gasteiger partial charge in [-0.1, -0.05) is 11.1 Å². The second-order valence-corrected chi connectivity index (χ2v) is 5.61. The second kappa shape index (κ2) is 7.43. The first-order valence-corrected chi connectivity index (χ1v) is 7.57. The summed E-state index contributed by atoms with van der Waals surface area (Å²) in [5.74, 6) is -1.96. The molecule has 1 fully saturated rings. The first-order chi connectivity index (χ1) is 11.4. The van der Waals surface area contributed by atoms with Gasteiger partial charge in [0, 0.05) is 12.8 Å². The summed E-state index contributed by atoms with van der Waals surface area (Å²) in [5.41, 5.74) is -1.65. The van der Waals surface area contributed by atoms with Gasteiger partial charge < -0.3 is 14.6 Å². The number of carbonyl (C=O) groups is 4. The van der Waals surface area contributed by atoms with Gasteiger partial charge in [0.2, 0.25) is 0 Å². The molecule has 1 saturated heterocycles. The number of nitrogens with zero attached hydrogens (tertiary/aromatic N) is 1. The molecule has 2 rings (SSSR count). The average Bonchev–Trinajstić information content (AvgIpc) is 2.85. The molecule has 0 bridgehead atoms. The van der Waals surface area contributed by atoms with E-state index in [2.05, 4.69) is 9.57 Å². The van der Waals surface area contributed by atoms with Gasteiger partial charge in [-0.15, -0.1) is 0 Å². The highest BCUT2D eigenvalue weighted by Gasteiger charge is 2.38.